The van der Waals surface area contributed by atoms with Crippen LogP contribution in [-0.4, -0.2) is 21.7 Å². The van der Waals surface area contributed by atoms with Gasteiger partial charge in [-0.25, -0.2) is 8.78 Å². The molecule has 0 aliphatic rings. The van der Waals surface area contributed by atoms with Crippen molar-refractivity contribution in [2.45, 2.75) is 19.8 Å². The van der Waals surface area contributed by atoms with Crippen molar-refractivity contribution >= 4 is 22.2 Å². The van der Waals surface area contributed by atoms with Crippen molar-refractivity contribution in [1.29, 1.82) is 0 Å². The van der Waals surface area contributed by atoms with Crippen molar-refractivity contribution in [3.8, 4) is 10.6 Å². The van der Waals surface area contributed by atoms with Gasteiger partial charge in [0.05, 0.1) is 0 Å². The van der Waals surface area contributed by atoms with Gasteiger partial charge in [0.15, 0.2) is 0 Å². The number of alkyl halides is 2. The molecule has 0 spiro atoms. The van der Waals surface area contributed by atoms with Gasteiger partial charge in [-0.1, -0.05) is 42.2 Å². The second kappa shape index (κ2) is 7.29. The van der Waals surface area contributed by atoms with Crippen LogP contribution < -0.4 is 4.90 Å². The van der Waals surface area contributed by atoms with Gasteiger partial charge in [-0.3, -0.25) is 4.98 Å². The van der Waals surface area contributed by atoms with Crippen molar-refractivity contribution in [1.82, 2.24) is 15.2 Å². The maximum atomic E-state index is 13.3. The first-order valence-corrected chi connectivity index (χ1v) is 8.91. The van der Waals surface area contributed by atoms with Crippen LogP contribution in [0.4, 0.5) is 13.9 Å². The molecular weight excluding hydrogens is 354 g/mol. The Bertz CT molecular complexity index is 886. The molecule has 0 fully saturated rings. The summed E-state index contributed by atoms with van der Waals surface area (Å²) in [5, 5.41) is 9.82. The summed E-state index contributed by atoms with van der Waals surface area (Å²) < 4.78 is 26.7. The Labute approximate surface area is 154 Å². The highest BCUT2D eigenvalue weighted by molar-refractivity contribution is 7.18. The molecule has 2 aromatic heterocycles. The zero-order chi connectivity index (χ0) is 18.7. The van der Waals surface area contributed by atoms with Gasteiger partial charge in [-0.05, 0) is 19.1 Å². The molecule has 1 aromatic carbocycles. The Hall–Kier alpha value is -2.67. The molecule has 0 aliphatic heterocycles. The van der Waals surface area contributed by atoms with Crippen LogP contribution in [0.25, 0.3) is 16.3 Å². The normalized spacial score (nSPS) is 11.4. The van der Waals surface area contributed by atoms with Crippen LogP contribution in [0.3, 0.4) is 0 Å². The van der Waals surface area contributed by atoms with Gasteiger partial charge in [-0.2, -0.15) is 0 Å². The van der Waals surface area contributed by atoms with Gasteiger partial charge in [-0.15, -0.1) is 10.2 Å². The van der Waals surface area contributed by atoms with E-state index in [9.17, 15) is 8.78 Å². The van der Waals surface area contributed by atoms with E-state index in [0.717, 1.165) is 23.7 Å². The van der Waals surface area contributed by atoms with Gasteiger partial charge in [0, 0.05) is 48.2 Å². The molecule has 134 valence electrons. The lowest BCUT2D eigenvalue weighted by Crippen LogP contribution is -2.20. The second-order valence-corrected chi connectivity index (χ2v) is 6.74. The number of nitrogens with zero attached hydrogens (tertiary/aromatic N) is 4. The minimum Gasteiger partial charge on any atom is -0.317 e. The van der Waals surface area contributed by atoms with E-state index in [1.54, 1.807) is 24.5 Å². The van der Waals surface area contributed by atoms with E-state index in [4.69, 9.17) is 0 Å². The first-order valence-electron chi connectivity index (χ1n) is 8.09. The third kappa shape index (κ3) is 3.77. The minimum atomic E-state index is -2.86. The van der Waals surface area contributed by atoms with Crippen LogP contribution >= 0.6 is 11.3 Å². The average molecular weight is 372 g/mol. The number of pyridine rings is 1. The molecule has 0 atom stereocenters. The monoisotopic (exact) mass is 372 g/mol. The van der Waals surface area contributed by atoms with Crippen molar-refractivity contribution in [2.24, 2.45) is 0 Å². The summed E-state index contributed by atoms with van der Waals surface area (Å²) in [5.74, 6) is -2.86. The highest BCUT2D eigenvalue weighted by Gasteiger charge is 2.24. The Kier molecular flexibility index (Phi) is 5.08. The van der Waals surface area contributed by atoms with Gasteiger partial charge < -0.3 is 4.90 Å². The molecule has 0 bridgehead atoms. The molecule has 0 unspecified atom stereocenters. The zero-order valence-corrected chi connectivity index (χ0v) is 15.3. The van der Waals surface area contributed by atoms with E-state index in [0.29, 0.717) is 16.7 Å². The van der Waals surface area contributed by atoms with Crippen LogP contribution in [0.1, 0.15) is 25.0 Å². The molecule has 26 heavy (non-hydrogen) atoms. The number of anilines is 1. The van der Waals surface area contributed by atoms with Crippen molar-refractivity contribution in [2.75, 3.05) is 11.4 Å². The summed E-state index contributed by atoms with van der Waals surface area (Å²) in [6.45, 7) is 7.69. The van der Waals surface area contributed by atoms with Crippen LogP contribution in [-0.2, 0) is 5.92 Å². The Morgan fingerprint density at radius 3 is 2.50 bits per heavy atom. The lowest BCUT2D eigenvalue weighted by molar-refractivity contribution is 0.0175. The fraction of sp³-hybridized carbons (Fsp3) is 0.211. The summed E-state index contributed by atoms with van der Waals surface area (Å²) in [4.78, 5) is 6.07. The molecule has 7 heteroatoms. The van der Waals surface area contributed by atoms with Gasteiger partial charge in [0.25, 0.3) is 5.92 Å². The maximum Gasteiger partial charge on any atom is 0.270 e. The minimum absolute atomic E-state index is 0.0221. The van der Waals surface area contributed by atoms with Gasteiger partial charge in [0.2, 0.25) is 5.13 Å². The lowest BCUT2D eigenvalue weighted by Gasteiger charge is -2.21. The average Bonchev–Trinajstić information content (AvgIpc) is 3.12. The topological polar surface area (TPSA) is 41.9 Å². The largest absolute Gasteiger partial charge is 0.317 e. The maximum absolute atomic E-state index is 13.3. The Balaban J connectivity index is 1.85. The summed E-state index contributed by atoms with van der Waals surface area (Å²) in [5.41, 5.74) is 2.42. The standard InChI is InChI=1S/C19H18F2N4S/c1-4-25(13(2)15-6-5-11-22-12-15)18-24-23-17(26-18)14-7-9-16(10-8-14)19(3,20)21/h5-12H,2,4H2,1,3H3. The van der Waals surface area contributed by atoms with E-state index in [-0.39, 0.29) is 5.56 Å². The highest BCUT2D eigenvalue weighted by Crippen LogP contribution is 2.34. The molecule has 0 radical (unpaired) electrons. The third-order valence-electron chi connectivity index (χ3n) is 3.92. The van der Waals surface area contributed by atoms with Crippen LogP contribution in [0, 0.1) is 0 Å². The van der Waals surface area contributed by atoms with Crippen molar-refractivity contribution < 1.29 is 8.78 Å². The van der Waals surface area contributed by atoms with E-state index in [2.05, 4.69) is 21.8 Å². The number of hydrogen-bond acceptors (Lipinski definition) is 5. The van der Waals surface area contributed by atoms with Gasteiger partial charge in [0.1, 0.15) is 5.01 Å². The summed E-state index contributed by atoms with van der Waals surface area (Å²) >= 11 is 1.39. The fourth-order valence-electron chi connectivity index (χ4n) is 2.48. The van der Waals surface area contributed by atoms with Crippen LogP contribution in [0.2, 0.25) is 0 Å². The third-order valence-corrected chi connectivity index (χ3v) is 4.92. The van der Waals surface area contributed by atoms with E-state index in [1.165, 1.54) is 23.5 Å². The van der Waals surface area contributed by atoms with Crippen LogP contribution in [0.5, 0.6) is 0 Å². The molecule has 0 aliphatic carbocycles. The van der Waals surface area contributed by atoms with Gasteiger partial charge >= 0.3 is 0 Å². The first-order chi connectivity index (χ1) is 12.4. The number of hydrogen-bond donors (Lipinski definition) is 0. The highest BCUT2D eigenvalue weighted by atomic mass is 32.1. The predicted octanol–water partition coefficient (Wildman–Crippen LogP) is 5.21. The second-order valence-electron chi connectivity index (χ2n) is 5.79. The zero-order valence-electron chi connectivity index (χ0n) is 14.5. The summed E-state index contributed by atoms with van der Waals surface area (Å²) in [6, 6.07) is 9.91. The molecule has 0 saturated heterocycles. The first kappa shape index (κ1) is 18.1. The molecule has 3 aromatic rings. The van der Waals surface area contributed by atoms with Crippen molar-refractivity contribution in [3.63, 3.8) is 0 Å². The summed E-state index contributed by atoms with van der Waals surface area (Å²) in [6.07, 6.45) is 3.45. The molecule has 0 saturated carbocycles. The number of benzene rings is 1. The van der Waals surface area contributed by atoms with Crippen molar-refractivity contribution in [3.05, 3.63) is 66.5 Å². The van der Waals surface area contributed by atoms with E-state index < -0.39 is 5.92 Å². The molecular formula is C19H18F2N4S. The quantitative estimate of drug-likeness (QED) is 0.596. The lowest BCUT2D eigenvalue weighted by atomic mass is 10.1. The van der Waals surface area contributed by atoms with E-state index >= 15 is 0 Å². The molecule has 3 rings (SSSR count). The molecule has 0 amide bonds. The fourth-order valence-corrected chi connectivity index (χ4v) is 3.42. The Morgan fingerprint density at radius 2 is 1.92 bits per heavy atom. The number of aromatic nitrogens is 3. The van der Waals surface area contributed by atoms with Crippen LogP contribution in [0.15, 0.2) is 55.4 Å². The molecule has 4 nitrogen and oxygen atoms in total. The smallest absolute Gasteiger partial charge is 0.270 e. The molecule has 2 heterocycles. The number of halogens is 2. The molecule has 0 N–H and O–H groups in total. The predicted molar refractivity (Wildman–Crippen MR) is 101 cm³/mol. The summed E-state index contributed by atoms with van der Waals surface area (Å²) in [7, 11) is 0. The van der Waals surface area contributed by atoms with E-state index in [1.807, 2.05) is 24.0 Å². The number of rotatable bonds is 6. The SMILES string of the molecule is C=C(c1cccnc1)N(CC)c1nnc(-c2ccc(C(C)(F)F)cc2)s1. The Morgan fingerprint density at radius 1 is 1.19 bits per heavy atom.